The number of nitrogens with zero attached hydrogens (tertiary/aromatic N) is 3. The van der Waals surface area contributed by atoms with Crippen LogP contribution >= 0.6 is 0 Å². The lowest BCUT2D eigenvalue weighted by atomic mass is 10.4. The third-order valence-electron chi connectivity index (χ3n) is 1.83. The Hall–Kier alpha value is -1.47. The van der Waals surface area contributed by atoms with Crippen molar-refractivity contribution in [2.75, 3.05) is 32.7 Å². The first-order chi connectivity index (χ1) is 7.63. The minimum Gasteiger partial charge on any atom is -0.475 e. The van der Waals surface area contributed by atoms with Gasteiger partial charge in [0.25, 0.3) is 5.88 Å². The Balaban J connectivity index is 2.46. The summed E-state index contributed by atoms with van der Waals surface area (Å²) < 4.78 is 18.3. The maximum atomic E-state index is 13.2. The smallest absolute Gasteiger partial charge is 0.255 e. The topological polar surface area (TPSA) is 76.3 Å². The van der Waals surface area contributed by atoms with Gasteiger partial charge >= 0.3 is 0 Å². The highest BCUT2D eigenvalue weighted by atomic mass is 19.1. The Bertz CT molecular complexity index is 334. The number of halogens is 1. The minimum atomic E-state index is -0.594. The number of nitrogens with two attached hydrogens (primary N) is 1. The van der Waals surface area contributed by atoms with Gasteiger partial charge in [-0.3, -0.25) is 5.43 Å². The molecule has 0 unspecified atom stereocenters. The number of hydrogen-bond acceptors (Lipinski definition) is 6. The maximum absolute atomic E-state index is 13.2. The zero-order valence-corrected chi connectivity index (χ0v) is 9.40. The normalized spacial score (nSPS) is 10.6. The lowest BCUT2D eigenvalue weighted by Crippen LogP contribution is -2.16. The van der Waals surface area contributed by atoms with E-state index in [1.54, 1.807) is 0 Å². The van der Waals surface area contributed by atoms with E-state index in [0.29, 0.717) is 6.61 Å². The van der Waals surface area contributed by atoms with E-state index in [1.165, 1.54) is 0 Å². The lowest BCUT2D eigenvalue weighted by Gasteiger charge is -2.10. The molecular weight excluding hydrogens is 213 g/mol. The van der Waals surface area contributed by atoms with E-state index in [-0.39, 0.29) is 11.8 Å². The quantitative estimate of drug-likeness (QED) is 0.413. The highest BCUT2D eigenvalue weighted by Crippen LogP contribution is 2.13. The summed E-state index contributed by atoms with van der Waals surface area (Å²) in [7, 11) is 3.92. The molecule has 1 rings (SSSR count). The fourth-order valence-corrected chi connectivity index (χ4v) is 1.07. The standard InChI is InChI=1S/C9H16FN5O/c1-15(2)4-3-5-16-8-7(10)6-12-9(13-8)14-11/h6H,3-5,11H2,1-2H3,(H,12,13,14). The van der Waals surface area contributed by atoms with E-state index in [2.05, 4.69) is 15.4 Å². The van der Waals surface area contributed by atoms with E-state index in [1.807, 2.05) is 19.0 Å². The minimum absolute atomic E-state index is 0.0818. The molecule has 90 valence electrons. The SMILES string of the molecule is CN(C)CCCOc1nc(NN)ncc1F. The Morgan fingerprint density at radius 1 is 1.56 bits per heavy atom. The van der Waals surface area contributed by atoms with Gasteiger partial charge in [-0.1, -0.05) is 0 Å². The number of nitrogens with one attached hydrogen (secondary N) is 1. The van der Waals surface area contributed by atoms with Crippen LogP contribution in [0.1, 0.15) is 6.42 Å². The molecule has 0 amide bonds. The lowest BCUT2D eigenvalue weighted by molar-refractivity contribution is 0.261. The monoisotopic (exact) mass is 229 g/mol. The molecule has 1 heterocycles. The van der Waals surface area contributed by atoms with Gasteiger partial charge in [0.15, 0.2) is 0 Å². The van der Waals surface area contributed by atoms with Crippen LogP contribution in [0.25, 0.3) is 0 Å². The van der Waals surface area contributed by atoms with Gasteiger partial charge in [0, 0.05) is 6.54 Å². The average molecular weight is 229 g/mol. The summed E-state index contributed by atoms with van der Waals surface area (Å²) in [5.41, 5.74) is 2.23. The predicted molar refractivity (Wildman–Crippen MR) is 58.5 cm³/mol. The van der Waals surface area contributed by atoms with Gasteiger partial charge in [-0.25, -0.2) is 10.8 Å². The molecule has 0 saturated carbocycles. The van der Waals surface area contributed by atoms with Crippen molar-refractivity contribution in [3.63, 3.8) is 0 Å². The van der Waals surface area contributed by atoms with E-state index in [9.17, 15) is 4.39 Å². The van der Waals surface area contributed by atoms with E-state index < -0.39 is 5.82 Å². The number of aromatic nitrogens is 2. The molecule has 0 radical (unpaired) electrons. The number of nitrogen functional groups attached to an aromatic ring is 1. The molecule has 0 aliphatic rings. The van der Waals surface area contributed by atoms with Crippen molar-refractivity contribution >= 4 is 5.95 Å². The number of hydrogen-bond donors (Lipinski definition) is 2. The number of anilines is 1. The van der Waals surface area contributed by atoms with Crippen molar-refractivity contribution in [2.45, 2.75) is 6.42 Å². The third kappa shape index (κ3) is 3.95. The van der Waals surface area contributed by atoms with Crippen LogP contribution in [-0.4, -0.2) is 42.1 Å². The highest BCUT2D eigenvalue weighted by molar-refractivity contribution is 5.26. The van der Waals surface area contributed by atoms with Crippen molar-refractivity contribution in [3.8, 4) is 5.88 Å². The second kappa shape index (κ2) is 6.19. The highest BCUT2D eigenvalue weighted by Gasteiger charge is 2.07. The molecule has 0 spiro atoms. The van der Waals surface area contributed by atoms with Gasteiger partial charge in [0.1, 0.15) is 0 Å². The van der Waals surface area contributed by atoms with Crippen molar-refractivity contribution in [1.29, 1.82) is 0 Å². The van der Waals surface area contributed by atoms with E-state index in [0.717, 1.165) is 19.2 Å². The Morgan fingerprint density at radius 3 is 2.94 bits per heavy atom. The van der Waals surface area contributed by atoms with E-state index >= 15 is 0 Å². The summed E-state index contributed by atoms with van der Waals surface area (Å²) in [5, 5.41) is 0. The first kappa shape index (κ1) is 12.6. The van der Waals surface area contributed by atoms with Crippen LogP contribution in [0.2, 0.25) is 0 Å². The molecule has 0 aromatic carbocycles. The molecule has 0 aliphatic heterocycles. The summed E-state index contributed by atoms with van der Waals surface area (Å²) >= 11 is 0. The maximum Gasteiger partial charge on any atom is 0.255 e. The van der Waals surface area contributed by atoms with Crippen molar-refractivity contribution < 1.29 is 9.13 Å². The summed E-state index contributed by atoms with van der Waals surface area (Å²) in [4.78, 5) is 9.37. The summed E-state index contributed by atoms with van der Waals surface area (Å²) in [5.74, 6) is 4.56. The molecule has 1 aromatic rings. The van der Waals surface area contributed by atoms with Gasteiger partial charge < -0.3 is 9.64 Å². The van der Waals surface area contributed by atoms with Gasteiger partial charge in [-0.15, -0.1) is 0 Å². The number of ether oxygens (including phenoxy) is 1. The van der Waals surface area contributed by atoms with Crippen LogP contribution in [0.3, 0.4) is 0 Å². The molecule has 1 aromatic heterocycles. The van der Waals surface area contributed by atoms with Crippen LogP contribution in [0, 0.1) is 5.82 Å². The molecule has 6 nitrogen and oxygen atoms in total. The molecule has 3 N–H and O–H groups in total. The molecule has 16 heavy (non-hydrogen) atoms. The molecule has 0 bridgehead atoms. The largest absolute Gasteiger partial charge is 0.475 e. The predicted octanol–water partition coefficient (Wildman–Crippen LogP) is 0.232. The van der Waals surface area contributed by atoms with Crippen LogP contribution in [0.4, 0.5) is 10.3 Å². The fraction of sp³-hybridized carbons (Fsp3) is 0.556. The number of hydrazine groups is 1. The fourth-order valence-electron chi connectivity index (χ4n) is 1.07. The summed E-state index contributed by atoms with van der Waals surface area (Å²) in [6.07, 6.45) is 1.81. The van der Waals surface area contributed by atoms with Crippen molar-refractivity contribution in [1.82, 2.24) is 14.9 Å². The molecule has 0 aliphatic carbocycles. The zero-order chi connectivity index (χ0) is 12.0. The van der Waals surface area contributed by atoms with Crippen LogP contribution < -0.4 is 16.0 Å². The molecule has 0 atom stereocenters. The molecule has 0 fully saturated rings. The second-order valence-corrected chi connectivity index (χ2v) is 3.50. The third-order valence-corrected chi connectivity index (χ3v) is 1.83. The van der Waals surface area contributed by atoms with Crippen LogP contribution in [0.15, 0.2) is 6.20 Å². The zero-order valence-electron chi connectivity index (χ0n) is 9.40. The molecule has 0 saturated heterocycles. The van der Waals surface area contributed by atoms with Crippen LogP contribution in [-0.2, 0) is 0 Å². The Labute approximate surface area is 93.6 Å². The second-order valence-electron chi connectivity index (χ2n) is 3.50. The van der Waals surface area contributed by atoms with Gasteiger partial charge in [-0.2, -0.15) is 9.37 Å². The molecular formula is C9H16FN5O. The van der Waals surface area contributed by atoms with Gasteiger partial charge in [0.2, 0.25) is 11.8 Å². The van der Waals surface area contributed by atoms with Gasteiger partial charge in [-0.05, 0) is 20.5 Å². The van der Waals surface area contributed by atoms with E-state index in [4.69, 9.17) is 10.6 Å². The molecule has 7 heteroatoms. The van der Waals surface area contributed by atoms with Gasteiger partial charge in [0.05, 0.1) is 12.8 Å². The van der Waals surface area contributed by atoms with Crippen LogP contribution in [0.5, 0.6) is 5.88 Å². The summed E-state index contributed by atoms with van der Waals surface area (Å²) in [6, 6.07) is 0. The Morgan fingerprint density at radius 2 is 2.31 bits per heavy atom. The number of rotatable bonds is 6. The van der Waals surface area contributed by atoms with Crippen molar-refractivity contribution in [3.05, 3.63) is 12.0 Å². The average Bonchev–Trinajstić information content (AvgIpc) is 2.26. The van der Waals surface area contributed by atoms with Crippen molar-refractivity contribution in [2.24, 2.45) is 5.84 Å². The summed E-state index contributed by atoms with van der Waals surface area (Å²) in [6.45, 7) is 1.27. The first-order valence-electron chi connectivity index (χ1n) is 4.90. The Kier molecular flexibility index (Phi) is 4.87. The first-order valence-corrected chi connectivity index (χ1v) is 4.90.